The van der Waals surface area contributed by atoms with Gasteiger partial charge in [-0.05, 0) is 61.7 Å². The molecule has 0 aliphatic carbocycles. The number of carbonyl (C=O) groups excluding carboxylic acids is 2. The summed E-state index contributed by atoms with van der Waals surface area (Å²) in [6.45, 7) is 5.78. The molecule has 1 aromatic carbocycles. The number of nitrogens with two attached hydrogens (primary N) is 1. The Labute approximate surface area is 196 Å². The minimum absolute atomic E-state index is 0.242. The molecular formula is C23H25Cl2N5O2. The standard InChI is InChI=1S/C23H25Cl2N5O2/c1-12-8-13(2)28-21(12)23(32)30-19(10-15-4-6-17(24)18(25)9-15)22(31)27-11-16-5-7-20(26)29-14(16)3/h4-9,19,28H,10-11H2,1-3H3,(H2,26,29)(H,27,31)(H,30,32)/t19-/m0/s1. The molecule has 0 saturated carbocycles. The van der Waals surface area contributed by atoms with Gasteiger partial charge in [0, 0.05) is 24.4 Å². The third kappa shape index (κ3) is 5.81. The largest absolute Gasteiger partial charge is 0.384 e. The van der Waals surface area contributed by atoms with Gasteiger partial charge in [-0.1, -0.05) is 35.3 Å². The zero-order valence-corrected chi connectivity index (χ0v) is 19.6. The SMILES string of the molecule is Cc1cc(C)c(C(=O)N[C@@H](Cc2ccc(Cl)c(Cl)c2)C(=O)NCc2ccc(N)nc2C)[nH]1. The van der Waals surface area contributed by atoms with Crippen molar-refractivity contribution >= 4 is 40.8 Å². The number of hydrogen-bond acceptors (Lipinski definition) is 4. The maximum absolute atomic E-state index is 13.1. The van der Waals surface area contributed by atoms with E-state index in [9.17, 15) is 9.59 Å². The Morgan fingerprint density at radius 1 is 1.09 bits per heavy atom. The number of benzene rings is 1. The summed E-state index contributed by atoms with van der Waals surface area (Å²) in [7, 11) is 0. The van der Waals surface area contributed by atoms with Crippen LogP contribution >= 0.6 is 23.2 Å². The van der Waals surface area contributed by atoms with Gasteiger partial charge in [-0.2, -0.15) is 0 Å². The van der Waals surface area contributed by atoms with E-state index >= 15 is 0 Å². The molecule has 0 aliphatic heterocycles. The van der Waals surface area contributed by atoms with Crippen molar-refractivity contribution in [3.05, 3.63) is 80.2 Å². The van der Waals surface area contributed by atoms with Crippen LogP contribution in [0.25, 0.3) is 0 Å². The number of nitrogens with one attached hydrogen (secondary N) is 3. The Kier molecular flexibility index (Phi) is 7.43. The molecule has 2 amide bonds. The van der Waals surface area contributed by atoms with Crippen molar-refractivity contribution in [3.63, 3.8) is 0 Å². The fourth-order valence-electron chi connectivity index (χ4n) is 3.41. The lowest BCUT2D eigenvalue weighted by atomic mass is 10.0. The Morgan fingerprint density at radius 3 is 2.47 bits per heavy atom. The highest BCUT2D eigenvalue weighted by molar-refractivity contribution is 6.42. The van der Waals surface area contributed by atoms with Crippen LogP contribution in [0.15, 0.2) is 36.4 Å². The van der Waals surface area contributed by atoms with Crippen LogP contribution in [0.4, 0.5) is 5.82 Å². The molecule has 168 valence electrons. The fourth-order valence-corrected chi connectivity index (χ4v) is 3.73. The van der Waals surface area contributed by atoms with Gasteiger partial charge in [0.05, 0.1) is 10.0 Å². The lowest BCUT2D eigenvalue weighted by Gasteiger charge is -2.19. The summed E-state index contributed by atoms with van der Waals surface area (Å²) in [5.41, 5.74) is 10.1. The Bertz CT molecular complexity index is 1160. The third-order valence-corrected chi connectivity index (χ3v) is 5.83. The van der Waals surface area contributed by atoms with E-state index in [4.69, 9.17) is 28.9 Å². The summed E-state index contributed by atoms with van der Waals surface area (Å²) in [6.07, 6.45) is 0.242. The molecule has 1 atom stereocenters. The zero-order chi connectivity index (χ0) is 23.4. The Hall–Kier alpha value is -3.03. The highest BCUT2D eigenvalue weighted by Gasteiger charge is 2.24. The monoisotopic (exact) mass is 473 g/mol. The highest BCUT2D eigenvalue weighted by Crippen LogP contribution is 2.23. The van der Waals surface area contributed by atoms with Crippen LogP contribution in [0.5, 0.6) is 0 Å². The van der Waals surface area contributed by atoms with Crippen LogP contribution in [0.3, 0.4) is 0 Å². The lowest BCUT2D eigenvalue weighted by Crippen LogP contribution is -2.48. The zero-order valence-electron chi connectivity index (χ0n) is 18.1. The quantitative estimate of drug-likeness (QED) is 0.416. The summed E-state index contributed by atoms with van der Waals surface area (Å²) in [5, 5.41) is 6.52. The normalized spacial score (nSPS) is 11.8. The van der Waals surface area contributed by atoms with E-state index in [0.717, 1.165) is 28.1 Å². The number of anilines is 1. The second kappa shape index (κ2) is 10.1. The molecule has 0 unspecified atom stereocenters. The number of aromatic amines is 1. The van der Waals surface area contributed by atoms with E-state index in [2.05, 4.69) is 20.6 Å². The van der Waals surface area contributed by atoms with Crippen LogP contribution in [0, 0.1) is 20.8 Å². The fraction of sp³-hybridized carbons (Fsp3) is 0.261. The molecule has 0 bridgehead atoms. The predicted molar refractivity (Wildman–Crippen MR) is 127 cm³/mol. The second-order valence-electron chi connectivity index (χ2n) is 7.69. The molecule has 7 nitrogen and oxygen atoms in total. The molecule has 3 aromatic rings. The van der Waals surface area contributed by atoms with Gasteiger partial charge in [0.1, 0.15) is 17.6 Å². The molecular weight excluding hydrogens is 449 g/mol. The number of H-pyrrole nitrogens is 1. The molecule has 32 heavy (non-hydrogen) atoms. The average molecular weight is 474 g/mol. The Balaban J connectivity index is 1.79. The van der Waals surface area contributed by atoms with Crippen LogP contribution < -0.4 is 16.4 Å². The number of nitrogen functional groups attached to an aromatic ring is 1. The summed E-state index contributed by atoms with van der Waals surface area (Å²) >= 11 is 12.1. The van der Waals surface area contributed by atoms with Crippen LogP contribution in [0.1, 0.15) is 38.6 Å². The van der Waals surface area contributed by atoms with Gasteiger partial charge in [0.25, 0.3) is 5.91 Å². The highest BCUT2D eigenvalue weighted by atomic mass is 35.5. The molecule has 2 heterocycles. The predicted octanol–water partition coefficient (Wildman–Crippen LogP) is 3.88. The molecule has 9 heteroatoms. The van der Waals surface area contributed by atoms with Crippen molar-refractivity contribution in [2.24, 2.45) is 0 Å². The maximum Gasteiger partial charge on any atom is 0.268 e. The van der Waals surface area contributed by atoms with Crippen molar-refractivity contribution in [3.8, 4) is 0 Å². The van der Waals surface area contributed by atoms with E-state index in [1.54, 1.807) is 24.3 Å². The van der Waals surface area contributed by atoms with Crippen molar-refractivity contribution in [1.29, 1.82) is 0 Å². The molecule has 5 N–H and O–H groups in total. The lowest BCUT2D eigenvalue weighted by molar-refractivity contribution is -0.123. The first-order valence-corrected chi connectivity index (χ1v) is 10.8. The van der Waals surface area contributed by atoms with E-state index in [-0.39, 0.29) is 24.8 Å². The minimum atomic E-state index is -0.829. The molecule has 3 rings (SSSR count). The van der Waals surface area contributed by atoms with E-state index < -0.39 is 6.04 Å². The first kappa shape index (κ1) is 23.6. The number of nitrogens with zero attached hydrogens (tertiary/aromatic N) is 1. The van der Waals surface area contributed by atoms with Crippen molar-refractivity contribution in [2.75, 3.05) is 5.73 Å². The van der Waals surface area contributed by atoms with Gasteiger partial charge >= 0.3 is 0 Å². The summed E-state index contributed by atoms with van der Waals surface area (Å²) in [5.74, 6) is -0.276. The van der Waals surface area contributed by atoms with Gasteiger partial charge in [0.15, 0.2) is 0 Å². The van der Waals surface area contributed by atoms with Gasteiger partial charge in [-0.25, -0.2) is 4.98 Å². The molecule has 0 saturated heterocycles. The number of aromatic nitrogens is 2. The molecule has 0 fully saturated rings. The molecule has 0 spiro atoms. The van der Waals surface area contributed by atoms with Crippen molar-refractivity contribution in [1.82, 2.24) is 20.6 Å². The number of rotatable bonds is 7. The van der Waals surface area contributed by atoms with E-state index in [1.807, 2.05) is 32.9 Å². The molecule has 0 aliphatic rings. The van der Waals surface area contributed by atoms with E-state index in [0.29, 0.717) is 21.6 Å². The smallest absolute Gasteiger partial charge is 0.268 e. The van der Waals surface area contributed by atoms with Crippen LogP contribution in [-0.4, -0.2) is 27.8 Å². The number of amides is 2. The van der Waals surface area contributed by atoms with Crippen LogP contribution in [-0.2, 0) is 17.8 Å². The summed E-state index contributed by atoms with van der Waals surface area (Å²) in [6, 6.07) is 9.67. The van der Waals surface area contributed by atoms with Gasteiger partial charge in [-0.15, -0.1) is 0 Å². The van der Waals surface area contributed by atoms with E-state index in [1.165, 1.54) is 0 Å². The van der Waals surface area contributed by atoms with Gasteiger partial charge in [-0.3, -0.25) is 9.59 Å². The number of halogens is 2. The topological polar surface area (TPSA) is 113 Å². The van der Waals surface area contributed by atoms with Crippen LogP contribution in [0.2, 0.25) is 10.0 Å². The molecule has 0 radical (unpaired) electrons. The average Bonchev–Trinajstić information content (AvgIpc) is 3.07. The van der Waals surface area contributed by atoms with Crippen molar-refractivity contribution < 1.29 is 9.59 Å². The maximum atomic E-state index is 13.1. The minimum Gasteiger partial charge on any atom is -0.384 e. The first-order valence-electron chi connectivity index (χ1n) is 10.0. The van der Waals surface area contributed by atoms with Gasteiger partial charge in [0.2, 0.25) is 5.91 Å². The summed E-state index contributed by atoms with van der Waals surface area (Å²) in [4.78, 5) is 33.2. The second-order valence-corrected chi connectivity index (χ2v) is 8.50. The number of hydrogen-bond donors (Lipinski definition) is 4. The van der Waals surface area contributed by atoms with Crippen molar-refractivity contribution in [2.45, 2.75) is 39.8 Å². The summed E-state index contributed by atoms with van der Waals surface area (Å²) < 4.78 is 0. The van der Waals surface area contributed by atoms with Gasteiger partial charge < -0.3 is 21.4 Å². The number of carbonyl (C=O) groups is 2. The first-order chi connectivity index (χ1) is 15.1. The third-order valence-electron chi connectivity index (χ3n) is 5.09. The number of pyridine rings is 1. The number of aryl methyl sites for hydroxylation is 3. The Morgan fingerprint density at radius 2 is 1.84 bits per heavy atom. The molecule has 2 aromatic heterocycles.